The molecule has 1 N–H and O–H groups in total. The fourth-order valence-corrected chi connectivity index (χ4v) is 3.06. The predicted octanol–water partition coefficient (Wildman–Crippen LogP) is 3.57. The van der Waals surface area contributed by atoms with Gasteiger partial charge in [-0.25, -0.2) is 0 Å². The Balaban J connectivity index is 2.06. The van der Waals surface area contributed by atoms with E-state index in [4.69, 9.17) is 4.74 Å². The van der Waals surface area contributed by atoms with E-state index in [2.05, 4.69) is 45.4 Å². The molecule has 0 amide bonds. The third-order valence-electron chi connectivity index (χ3n) is 3.69. The van der Waals surface area contributed by atoms with Crippen molar-refractivity contribution in [1.29, 1.82) is 0 Å². The van der Waals surface area contributed by atoms with Crippen LogP contribution in [0.1, 0.15) is 30.6 Å². The number of nitrogens with zero attached hydrogens (tertiary/aromatic N) is 2. The first-order chi connectivity index (χ1) is 10.2. The Kier molecular flexibility index (Phi) is 5.82. The molecule has 1 atom stereocenters. The molecule has 0 fully saturated rings. The molecule has 1 heterocycles. The highest BCUT2D eigenvalue weighted by Crippen LogP contribution is 2.26. The van der Waals surface area contributed by atoms with Gasteiger partial charge in [0.25, 0.3) is 0 Å². The second kappa shape index (κ2) is 7.61. The van der Waals surface area contributed by atoms with Crippen molar-refractivity contribution in [2.24, 2.45) is 0 Å². The summed E-state index contributed by atoms with van der Waals surface area (Å²) in [7, 11) is 3.69. The van der Waals surface area contributed by atoms with E-state index in [0.29, 0.717) is 0 Å². The molecule has 114 valence electrons. The van der Waals surface area contributed by atoms with E-state index < -0.39 is 0 Å². The van der Waals surface area contributed by atoms with Crippen LogP contribution in [0.25, 0.3) is 0 Å². The van der Waals surface area contributed by atoms with Gasteiger partial charge >= 0.3 is 0 Å². The van der Waals surface area contributed by atoms with Crippen LogP contribution in [0.4, 0.5) is 0 Å². The molecule has 5 heteroatoms. The van der Waals surface area contributed by atoms with Gasteiger partial charge in [-0.1, -0.05) is 12.1 Å². The molecule has 0 radical (unpaired) electrons. The minimum Gasteiger partial charge on any atom is -0.497 e. The smallest absolute Gasteiger partial charge is 0.118 e. The highest BCUT2D eigenvalue weighted by atomic mass is 79.9. The Hall–Kier alpha value is -1.33. The van der Waals surface area contributed by atoms with E-state index in [1.54, 1.807) is 7.11 Å². The summed E-state index contributed by atoms with van der Waals surface area (Å²) in [5, 5.41) is 7.79. The fourth-order valence-electron chi connectivity index (χ4n) is 2.49. The zero-order valence-corrected chi connectivity index (χ0v) is 14.4. The summed E-state index contributed by atoms with van der Waals surface area (Å²) in [6.07, 6.45) is 3.90. The van der Waals surface area contributed by atoms with Crippen molar-refractivity contribution >= 4 is 15.9 Å². The zero-order valence-electron chi connectivity index (χ0n) is 12.8. The highest BCUT2D eigenvalue weighted by molar-refractivity contribution is 9.10. The molecule has 0 aliphatic rings. The predicted molar refractivity (Wildman–Crippen MR) is 88.7 cm³/mol. The lowest BCUT2D eigenvalue weighted by molar-refractivity contribution is 0.414. The SMILES string of the molecule is CCn1ncc(Br)c1C(CCc1ccc(OC)cc1)NC. The summed E-state index contributed by atoms with van der Waals surface area (Å²) >= 11 is 3.60. The first-order valence-electron chi connectivity index (χ1n) is 7.21. The van der Waals surface area contributed by atoms with Crippen LogP contribution < -0.4 is 10.1 Å². The second-order valence-corrected chi connectivity index (χ2v) is 5.78. The molecule has 0 aliphatic carbocycles. The standard InChI is InChI=1S/C16H22BrN3O/c1-4-20-16(14(17)11-19-20)15(18-2)10-7-12-5-8-13(21-3)9-6-12/h5-6,8-9,11,15,18H,4,7,10H2,1-3H3. The van der Waals surface area contributed by atoms with Crippen molar-refractivity contribution in [2.45, 2.75) is 32.4 Å². The third-order valence-corrected chi connectivity index (χ3v) is 4.30. The van der Waals surface area contributed by atoms with Crippen LogP contribution in [0, 0.1) is 0 Å². The number of aryl methyl sites for hydroxylation is 2. The maximum Gasteiger partial charge on any atom is 0.118 e. The molecule has 1 unspecified atom stereocenters. The van der Waals surface area contributed by atoms with Crippen LogP contribution in [0.15, 0.2) is 34.9 Å². The number of benzene rings is 1. The van der Waals surface area contributed by atoms with Crippen LogP contribution in [-0.2, 0) is 13.0 Å². The normalized spacial score (nSPS) is 12.4. The van der Waals surface area contributed by atoms with Crippen LogP contribution in [0.3, 0.4) is 0 Å². The Labute approximate surface area is 134 Å². The number of hydrogen-bond donors (Lipinski definition) is 1. The van der Waals surface area contributed by atoms with E-state index in [1.807, 2.05) is 30.1 Å². The average molecular weight is 352 g/mol. The minimum absolute atomic E-state index is 0.281. The number of aromatic nitrogens is 2. The van der Waals surface area contributed by atoms with Gasteiger partial charge < -0.3 is 10.1 Å². The topological polar surface area (TPSA) is 39.1 Å². The maximum absolute atomic E-state index is 5.19. The first-order valence-corrected chi connectivity index (χ1v) is 8.00. The van der Waals surface area contributed by atoms with Crippen molar-refractivity contribution in [1.82, 2.24) is 15.1 Å². The largest absolute Gasteiger partial charge is 0.497 e. The molecule has 21 heavy (non-hydrogen) atoms. The van der Waals surface area contributed by atoms with Crippen molar-refractivity contribution < 1.29 is 4.74 Å². The number of ether oxygens (including phenoxy) is 1. The highest BCUT2D eigenvalue weighted by Gasteiger charge is 2.18. The zero-order chi connectivity index (χ0) is 15.2. The maximum atomic E-state index is 5.19. The molecule has 0 spiro atoms. The van der Waals surface area contributed by atoms with E-state index >= 15 is 0 Å². The number of rotatable bonds is 7. The van der Waals surface area contributed by atoms with Gasteiger partial charge in [0.2, 0.25) is 0 Å². The van der Waals surface area contributed by atoms with Gasteiger partial charge in [-0.15, -0.1) is 0 Å². The molecule has 2 rings (SSSR count). The molecule has 0 saturated carbocycles. The summed E-state index contributed by atoms with van der Waals surface area (Å²) in [6, 6.07) is 8.55. The lowest BCUT2D eigenvalue weighted by Gasteiger charge is -2.18. The van der Waals surface area contributed by atoms with E-state index in [0.717, 1.165) is 29.6 Å². The lowest BCUT2D eigenvalue weighted by Crippen LogP contribution is -2.21. The Morgan fingerprint density at radius 1 is 1.33 bits per heavy atom. The molecule has 0 saturated heterocycles. The number of nitrogens with one attached hydrogen (secondary N) is 1. The van der Waals surface area contributed by atoms with Crippen LogP contribution in [0.2, 0.25) is 0 Å². The summed E-state index contributed by atoms with van der Waals surface area (Å²) in [4.78, 5) is 0. The van der Waals surface area contributed by atoms with E-state index in [9.17, 15) is 0 Å². The van der Waals surface area contributed by atoms with Crippen molar-refractivity contribution in [2.75, 3.05) is 14.2 Å². The quantitative estimate of drug-likeness (QED) is 0.828. The number of hydrogen-bond acceptors (Lipinski definition) is 3. The number of halogens is 1. The van der Waals surface area contributed by atoms with Gasteiger partial charge in [-0.3, -0.25) is 4.68 Å². The third kappa shape index (κ3) is 3.86. The van der Waals surface area contributed by atoms with Crippen molar-refractivity contribution in [3.63, 3.8) is 0 Å². The fraction of sp³-hybridized carbons (Fsp3) is 0.438. The van der Waals surface area contributed by atoms with Gasteiger partial charge in [-0.05, 0) is 60.4 Å². The van der Waals surface area contributed by atoms with E-state index in [1.165, 1.54) is 11.3 Å². The Morgan fingerprint density at radius 2 is 2.05 bits per heavy atom. The molecular formula is C16H22BrN3O. The van der Waals surface area contributed by atoms with E-state index in [-0.39, 0.29) is 6.04 Å². The molecule has 1 aromatic heterocycles. The van der Waals surface area contributed by atoms with Crippen molar-refractivity contribution in [3.8, 4) is 5.75 Å². The molecule has 2 aromatic rings. The monoisotopic (exact) mass is 351 g/mol. The first kappa shape index (κ1) is 16.0. The summed E-state index contributed by atoms with van der Waals surface area (Å²) in [5.41, 5.74) is 2.53. The number of methoxy groups -OCH3 is 1. The van der Waals surface area contributed by atoms with Gasteiger partial charge in [0.05, 0.1) is 29.5 Å². The summed E-state index contributed by atoms with van der Waals surface area (Å²) in [6.45, 7) is 2.99. The molecular weight excluding hydrogens is 330 g/mol. The van der Waals surface area contributed by atoms with Crippen LogP contribution in [0.5, 0.6) is 5.75 Å². The Bertz CT molecular complexity index is 565. The Morgan fingerprint density at radius 3 is 2.62 bits per heavy atom. The van der Waals surface area contributed by atoms with Gasteiger partial charge in [-0.2, -0.15) is 5.10 Å². The molecule has 4 nitrogen and oxygen atoms in total. The lowest BCUT2D eigenvalue weighted by atomic mass is 10.0. The minimum atomic E-state index is 0.281. The van der Waals surface area contributed by atoms with Crippen LogP contribution in [-0.4, -0.2) is 23.9 Å². The molecule has 0 aliphatic heterocycles. The average Bonchev–Trinajstić information content (AvgIpc) is 2.90. The van der Waals surface area contributed by atoms with Crippen molar-refractivity contribution in [3.05, 3.63) is 46.2 Å². The van der Waals surface area contributed by atoms with Gasteiger partial charge in [0.1, 0.15) is 5.75 Å². The van der Waals surface area contributed by atoms with Gasteiger partial charge in [0, 0.05) is 6.54 Å². The molecule has 1 aromatic carbocycles. The van der Waals surface area contributed by atoms with Crippen LogP contribution >= 0.6 is 15.9 Å². The second-order valence-electron chi connectivity index (χ2n) is 4.92. The molecule has 0 bridgehead atoms. The summed E-state index contributed by atoms with van der Waals surface area (Å²) in [5.74, 6) is 0.899. The van der Waals surface area contributed by atoms with Gasteiger partial charge in [0.15, 0.2) is 0 Å². The summed E-state index contributed by atoms with van der Waals surface area (Å²) < 4.78 is 8.30.